The highest BCUT2D eigenvalue weighted by Crippen LogP contribution is 2.18. The number of hydrogen-bond acceptors (Lipinski definition) is 4. The van der Waals surface area contributed by atoms with Crippen molar-refractivity contribution in [3.63, 3.8) is 0 Å². The minimum Gasteiger partial charge on any atom is -0.376 e. The van der Waals surface area contributed by atoms with E-state index in [0.29, 0.717) is 17.0 Å². The van der Waals surface area contributed by atoms with Crippen molar-refractivity contribution >= 4 is 15.6 Å². The van der Waals surface area contributed by atoms with Gasteiger partial charge in [0.2, 0.25) is 0 Å². The van der Waals surface area contributed by atoms with Crippen molar-refractivity contribution in [3.8, 4) is 0 Å². The summed E-state index contributed by atoms with van der Waals surface area (Å²) in [6, 6.07) is 6.31. The Morgan fingerprint density at radius 1 is 1.29 bits per heavy atom. The molecule has 0 heterocycles. The molecule has 1 amide bonds. The van der Waals surface area contributed by atoms with Crippen LogP contribution in [0.2, 0.25) is 0 Å². The van der Waals surface area contributed by atoms with Gasteiger partial charge in [0, 0.05) is 30.4 Å². The number of nitrogens with one attached hydrogen (secondary N) is 2. The van der Waals surface area contributed by atoms with E-state index < -0.39 is 9.73 Å². The first-order valence-electron chi connectivity index (χ1n) is 6.95. The van der Waals surface area contributed by atoms with Crippen molar-refractivity contribution in [1.82, 2.24) is 5.32 Å². The van der Waals surface area contributed by atoms with Crippen LogP contribution >= 0.6 is 0 Å². The molecule has 118 valence electrons. The summed E-state index contributed by atoms with van der Waals surface area (Å²) in [4.78, 5) is 12.5. The van der Waals surface area contributed by atoms with Gasteiger partial charge in [0.25, 0.3) is 5.91 Å². The van der Waals surface area contributed by atoms with Gasteiger partial charge in [-0.2, -0.15) is 0 Å². The van der Waals surface area contributed by atoms with Gasteiger partial charge in [0.15, 0.2) is 0 Å². The summed E-state index contributed by atoms with van der Waals surface area (Å²) >= 11 is 0. The maximum Gasteiger partial charge on any atom is 0.251 e. The molecule has 0 spiro atoms. The minimum atomic E-state index is -2.74. The van der Waals surface area contributed by atoms with Gasteiger partial charge in [-0.05, 0) is 37.1 Å². The maximum absolute atomic E-state index is 12.1. The van der Waals surface area contributed by atoms with Crippen molar-refractivity contribution in [1.29, 1.82) is 4.78 Å². The Labute approximate surface area is 127 Å². The summed E-state index contributed by atoms with van der Waals surface area (Å²) in [5.74, 6) is -0.197. The first-order valence-corrected chi connectivity index (χ1v) is 8.92. The summed E-state index contributed by atoms with van der Waals surface area (Å²) in [7, 11) is -1.09. The fourth-order valence-electron chi connectivity index (χ4n) is 2.07. The van der Waals surface area contributed by atoms with Gasteiger partial charge >= 0.3 is 0 Å². The second kappa shape index (κ2) is 7.04. The normalized spacial score (nSPS) is 14.5. The molecule has 1 aromatic rings. The van der Waals surface area contributed by atoms with Gasteiger partial charge in [-0.15, -0.1) is 0 Å². The molecule has 0 bridgehead atoms. The molecule has 1 aromatic carbocycles. The van der Waals surface area contributed by atoms with Crippen LogP contribution < -0.4 is 5.32 Å². The first kappa shape index (κ1) is 17.7. The van der Waals surface area contributed by atoms with Crippen molar-refractivity contribution < 1.29 is 13.7 Å². The third-order valence-corrected chi connectivity index (χ3v) is 5.03. The van der Waals surface area contributed by atoms with E-state index in [0.717, 1.165) is 12.8 Å². The maximum atomic E-state index is 12.1. The summed E-state index contributed by atoms with van der Waals surface area (Å²) in [5.41, 5.74) is 0.147. The Morgan fingerprint density at radius 2 is 1.81 bits per heavy atom. The van der Waals surface area contributed by atoms with Gasteiger partial charge in [0.1, 0.15) is 0 Å². The van der Waals surface area contributed by atoms with Crippen molar-refractivity contribution in [3.05, 3.63) is 29.8 Å². The molecule has 2 N–H and O–H groups in total. The number of carbonyl (C=O) groups excluding carboxylic acids is 1. The number of methoxy groups -OCH3 is 1. The van der Waals surface area contributed by atoms with Crippen LogP contribution in [0.5, 0.6) is 0 Å². The topological polar surface area (TPSA) is 79.3 Å². The first-order chi connectivity index (χ1) is 9.78. The van der Waals surface area contributed by atoms with Crippen molar-refractivity contribution in [2.75, 3.05) is 19.9 Å². The highest BCUT2D eigenvalue weighted by atomic mass is 32.2. The Bertz CT molecular complexity index is 567. The molecule has 0 saturated carbocycles. The molecule has 1 rings (SSSR count). The fraction of sp³-hybridized carbons (Fsp3) is 0.533. The summed E-state index contributed by atoms with van der Waals surface area (Å²) in [6.07, 6.45) is 2.99. The second-order valence-electron chi connectivity index (χ2n) is 5.14. The van der Waals surface area contributed by atoms with Gasteiger partial charge < -0.3 is 10.1 Å². The zero-order chi connectivity index (χ0) is 16.1. The van der Waals surface area contributed by atoms with Crippen molar-refractivity contribution in [2.45, 2.75) is 37.2 Å². The molecule has 0 radical (unpaired) electrons. The van der Waals surface area contributed by atoms with Crippen LogP contribution in [-0.4, -0.2) is 35.6 Å². The average molecular weight is 312 g/mol. The number of rotatable bonds is 7. The van der Waals surface area contributed by atoms with Crippen LogP contribution in [0, 0.1) is 4.78 Å². The Kier molecular flexibility index (Phi) is 5.92. The predicted molar refractivity (Wildman–Crippen MR) is 84.1 cm³/mol. The fourth-order valence-corrected chi connectivity index (χ4v) is 2.73. The van der Waals surface area contributed by atoms with Crippen LogP contribution in [0.25, 0.3) is 0 Å². The summed E-state index contributed by atoms with van der Waals surface area (Å²) < 4.78 is 24.6. The lowest BCUT2D eigenvalue weighted by Crippen LogP contribution is -2.43. The number of benzene rings is 1. The standard InChI is InChI=1S/C15H24N2O3S/c1-5-15(6-2,20-3)11-17-14(18)12-7-9-13(10-8-12)21(4,16)19/h7-10,16H,5-6,11H2,1-4H3,(H,17,18). The van der Waals surface area contributed by atoms with E-state index in [1.165, 1.54) is 6.26 Å². The SMILES string of the molecule is CCC(CC)(CNC(=O)c1ccc(S(C)(=N)=O)cc1)OC. The second-order valence-corrected chi connectivity index (χ2v) is 7.30. The molecule has 5 nitrogen and oxygen atoms in total. The molecular formula is C15H24N2O3S. The van der Waals surface area contributed by atoms with Crippen LogP contribution in [0.15, 0.2) is 29.2 Å². The van der Waals surface area contributed by atoms with Crippen LogP contribution in [-0.2, 0) is 14.5 Å². The van der Waals surface area contributed by atoms with Gasteiger partial charge in [-0.3, -0.25) is 4.79 Å². The van der Waals surface area contributed by atoms with E-state index in [-0.39, 0.29) is 11.5 Å². The molecule has 0 aromatic heterocycles. The lowest BCUT2D eigenvalue weighted by atomic mass is 9.97. The zero-order valence-corrected chi connectivity index (χ0v) is 13.9. The molecule has 6 heteroatoms. The van der Waals surface area contributed by atoms with Gasteiger partial charge in [0.05, 0.1) is 15.3 Å². The molecule has 0 aliphatic rings. The number of ether oxygens (including phenoxy) is 1. The van der Waals surface area contributed by atoms with E-state index in [4.69, 9.17) is 9.52 Å². The van der Waals surface area contributed by atoms with E-state index in [1.807, 2.05) is 13.8 Å². The van der Waals surface area contributed by atoms with E-state index in [1.54, 1.807) is 31.4 Å². The molecule has 21 heavy (non-hydrogen) atoms. The lowest BCUT2D eigenvalue weighted by Gasteiger charge is -2.30. The molecule has 0 aliphatic carbocycles. The molecule has 0 fully saturated rings. The number of carbonyl (C=O) groups is 1. The summed E-state index contributed by atoms with van der Waals surface area (Å²) in [6.45, 7) is 4.50. The Hall–Kier alpha value is -1.40. The summed E-state index contributed by atoms with van der Waals surface area (Å²) in [5, 5.41) is 2.87. The minimum absolute atomic E-state index is 0.197. The largest absolute Gasteiger partial charge is 0.376 e. The van der Waals surface area contributed by atoms with Crippen LogP contribution in [0.1, 0.15) is 37.0 Å². The quantitative estimate of drug-likeness (QED) is 0.812. The zero-order valence-electron chi connectivity index (χ0n) is 13.1. The predicted octanol–water partition coefficient (Wildman–Crippen LogP) is 2.66. The Morgan fingerprint density at radius 3 is 2.19 bits per heavy atom. The lowest BCUT2D eigenvalue weighted by molar-refractivity contribution is -0.0147. The molecule has 1 atom stereocenters. The highest BCUT2D eigenvalue weighted by molar-refractivity contribution is 7.91. The molecule has 0 aliphatic heterocycles. The molecular weight excluding hydrogens is 288 g/mol. The average Bonchev–Trinajstić information content (AvgIpc) is 2.48. The highest BCUT2D eigenvalue weighted by Gasteiger charge is 2.26. The van der Waals surface area contributed by atoms with E-state index >= 15 is 0 Å². The van der Waals surface area contributed by atoms with E-state index in [9.17, 15) is 9.00 Å². The van der Waals surface area contributed by atoms with Gasteiger partial charge in [-0.25, -0.2) is 8.99 Å². The van der Waals surface area contributed by atoms with Crippen molar-refractivity contribution in [2.24, 2.45) is 0 Å². The smallest absolute Gasteiger partial charge is 0.251 e. The molecule has 0 saturated heterocycles. The molecule has 1 unspecified atom stereocenters. The monoisotopic (exact) mass is 312 g/mol. The Balaban J connectivity index is 2.77. The van der Waals surface area contributed by atoms with E-state index in [2.05, 4.69) is 5.32 Å². The van der Waals surface area contributed by atoms with Crippen LogP contribution in [0.3, 0.4) is 0 Å². The number of amides is 1. The third-order valence-electron chi connectivity index (χ3n) is 3.86. The number of hydrogen-bond donors (Lipinski definition) is 2. The van der Waals surface area contributed by atoms with Gasteiger partial charge in [-0.1, -0.05) is 13.8 Å². The third kappa shape index (κ3) is 4.54. The van der Waals surface area contributed by atoms with Crippen LogP contribution in [0.4, 0.5) is 0 Å².